The van der Waals surface area contributed by atoms with Gasteiger partial charge in [0.1, 0.15) is 5.75 Å². The molecule has 3 N–H and O–H groups in total. The smallest absolute Gasteiger partial charge is 0.272 e. The van der Waals surface area contributed by atoms with Crippen molar-refractivity contribution in [1.29, 1.82) is 0 Å². The molecular formula is C16H13BrClN3O3. The quantitative estimate of drug-likeness (QED) is 0.566. The number of benzene rings is 2. The van der Waals surface area contributed by atoms with Crippen LogP contribution >= 0.6 is 27.5 Å². The second kappa shape index (κ2) is 8.47. The maximum absolute atomic E-state index is 12.0. The van der Waals surface area contributed by atoms with Crippen molar-refractivity contribution in [2.75, 3.05) is 6.61 Å². The monoisotopic (exact) mass is 409 g/mol. The Bertz CT molecular complexity index is 796. The summed E-state index contributed by atoms with van der Waals surface area (Å²) in [5, 5.41) is 4.19. The Morgan fingerprint density at radius 3 is 2.71 bits per heavy atom. The number of primary amides is 1. The molecule has 0 bridgehead atoms. The highest BCUT2D eigenvalue weighted by molar-refractivity contribution is 9.10. The number of carbonyl (C=O) groups excluding carboxylic acids is 2. The van der Waals surface area contributed by atoms with Gasteiger partial charge in [-0.05, 0) is 51.8 Å². The molecule has 24 heavy (non-hydrogen) atoms. The van der Waals surface area contributed by atoms with Crippen LogP contribution in [0.5, 0.6) is 5.75 Å². The van der Waals surface area contributed by atoms with Crippen LogP contribution in [0, 0.1) is 0 Å². The first-order valence-electron chi connectivity index (χ1n) is 6.76. The van der Waals surface area contributed by atoms with Gasteiger partial charge in [-0.25, -0.2) is 5.43 Å². The van der Waals surface area contributed by atoms with Gasteiger partial charge in [-0.15, -0.1) is 0 Å². The average Bonchev–Trinajstić information content (AvgIpc) is 2.54. The van der Waals surface area contributed by atoms with Crippen LogP contribution in [-0.2, 0) is 4.79 Å². The van der Waals surface area contributed by atoms with Crippen LogP contribution in [-0.4, -0.2) is 24.6 Å². The van der Waals surface area contributed by atoms with Crippen molar-refractivity contribution >= 4 is 45.6 Å². The Labute approximate surface area is 151 Å². The van der Waals surface area contributed by atoms with Gasteiger partial charge in [0.05, 0.1) is 16.8 Å². The zero-order chi connectivity index (χ0) is 17.5. The summed E-state index contributed by atoms with van der Waals surface area (Å²) < 4.78 is 5.82. The molecule has 0 saturated carbocycles. The summed E-state index contributed by atoms with van der Waals surface area (Å²) in [7, 11) is 0. The molecule has 0 aromatic heterocycles. The number of amides is 2. The second-order valence-corrected chi connectivity index (χ2v) is 5.89. The predicted molar refractivity (Wildman–Crippen MR) is 95.3 cm³/mol. The minimum absolute atomic E-state index is 0.255. The van der Waals surface area contributed by atoms with E-state index in [4.69, 9.17) is 22.1 Å². The van der Waals surface area contributed by atoms with Gasteiger partial charge in [-0.2, -0.15) is 5.10 Å². The molecule has 0 aliphatic rings. The number of hydrogen-bond acceptors (Lipinski definition) is 4. The maximum Gasteiger partial charge on any atom is 0.272 e. The summed E-state index contributed by atoms with van der Waals surface area (Å²) in [6.07, 6.45) is 1.44. The molecule has 124 valence electrons. The normalized spacial score (nSPS) is 10.6. The zero-order valence-electron chi connectivity index (χ0n) is 12.3. The molecule has 0 atom stereocenters. The minimum Gasteiger partial charge on any atom is -0.482 e. The average molecular weight is 411 g/mol. The predicted octanol–water partition coefficient (Wildman–Crippen LogP) is 2.73. The molecule has 0 aliphatic carbocycles. The lowest BCUT2D eigenvalue weighted by atomic mass is 10.2. The lowest BCUT2D eigenvalue weighted by molar-refractivity contribution is -0.119. The van der Waals surface area contributed by atoms with Crippen molar-refractivity contribution in [3.63, 3.8) is 0 Å². The summed E-state index contributed by atoms with van der Waals surface area (Å²) in [5.41, 5.74) is 8.56. The van der Waals surface area contributed by atoms with Crippen molar-refractivity contribution in [2.24, 2.45) is 10.8 Å². The van der Waals surface area contributed by atoms with Crippen molar-refractivity contribution in [3.8, 4) is 5.75 Å². The fourth-order valence-electron chi connectivity index (χ4n) is 1.73. The third-order valence-electron chi connectivity index (χ3n) is 2.82. The first-order chi connectivity index (χ1) is 11.5. The van der Waals surface area contributed by atoms with Gasteiger partial charge >= 0.3 is 0 Å². The molecule has 0 saturated heterocycles. The van der Waals surface area contributed by atoms with E-state index in [1.165, 1.54) is 6.21 Å². The van der Waals surface area contributed by atoms with E-state index in [0.717, 1.165) is 0 Å². The zero-order valence-corrected chi connectivity index (χ0v) is 14.7. The number of nitrogens with one attached hydrogen (secondary N) is 1. The molecule has 0 fully saturated rings. The maximum atomic E-state index is 12.0. The van der Waals surface area contributed by atoms with E-state index < -0.39 is 5.91 Å². The number of ether oxygens (including phenoxy) is 1. The molecule has 0 radical (unpaired) electrons. The third kappa shape index (κ3) is 5.07. The molecule has 0 spiro atoms. The Hall–Kier alpha value is -2.38. The highest BCUT2D eigenvalue weighted by Crippen LogP contribution is 2.24. The molecule has 0 heterocycles. The number of nitrogens with zero attached hydrogens (tertiary/aromatic N) is 1. The minimum atomic E-state index is -0.591. The van der Waals surface area contributed by atoms with Gasteiger partial charge in [0.25, 0.3) is 11.8 Å². The molecule has 2 aromatic rings. The molecule has 0 unspecified atom stereocenters. The number of hydrazone groups is 1. The summed E-state index contributed by atoms with van der Waals surface area (Å²) >= 11 is 9.34. The van der Waals surface area contributed by atoms with Crippen LogP contribution in [0.2, 0.25) is 5.02 Å². The fraction of sp³-hybridized carbons (Fsp3) is 0.0625. The third-order valence-corrected chi connectivity index (χ3v) is 3.81. The van der Waals surface area contributed by atoms with Gasteiger partial charge < -0.3 is 10.5 Å². The van der Waals surface area contributed by atoms with Crippen molar-refractivity contribution in [3.05, 3.63) is 63.1 Å². The van der Waals surface area contributed by atoms with E-state index in [-0.39, 0.29) is 12.5 Å². The Morgan fingerprint density at radius 1 is 1.29 bits per heavy atom. The van der Waals surface area contributed by atoms with Crippen LogP contribution in [0.1, 0.15) is 15.9 Å². The first kappa shape index (κ1) is 18.0. The summed E-state index contributed by atoms with van der Waals surface area (Å²) in [5.74, 6) is -0.595. The molecule has 2 aromatic carbocycles. The fourth-order valence-corrected chi connectivity index (χ4v) is 2.44. The Balaban J connectivity index is 1.99. The van der Waals surface area contributed by atoms with E-state index in [1.54, 1.807) is 36.4 Å². The van der Waals surface area contributed by atoms with Gasteiger partial charge in [0.15, 0.2) is 6.61 Å². The van der Waals surface area contributed by atoms with E-state index >= 15 is 0 Å². The number of carbonyl (C=O) groups is 2. The molecular weight excluding hydrogens is 398 g/mol. The van der Waals surface area contributed by atoms with E-state index in [2.05, 4.69) is 26.5 Å². The van der Waals surface area contributed by atoms with Gasteiger partial charge in [-0.3, -0.25) is 9.59 Å². The number of hydrogen-bond donors (Lipinski definition) is 2. The largest absolute Gasteiger partial charge is 0.482 e. The van der Waals surface area contributed by atoms with Crippen molar-refractivity contribution < 1.29 is 14.3 Å². The van der Waals surface area contributed by atoms with E-state index in [1.807, 2.05) is 6.07 Å². The summed E-state index contributed by atoms with van der Waals surface area (Å²) in [4.78, 5) is 22.7. The number of rotatable bonds is 6. The van der Waals surface area contributed by atoms with Crippen LogP contribution < -0.4 is 15.9 Å². The highest BCUT2D eigenvalue weighted by atomic mass is 79.9. The van der Waals surface area contributed by atoms with E-state index in [0.29, 0.717) is 26.4 Å². The number of halogens is 2. The van der Waals surface area contributed by atoms with Crippen LogP contribution in [0.15, 0.2) is 52.0 Å². The summed E-state index contributed by atoms with van der Waals surface area (Å²) in [6, 6.07) is 11.9. The van der Waals surface area contributed by atoms with Crippen LogP contribution in [0.25, 0.3) is 0 Å². The Kier molecular flexibility index (Phi) is 6.34. The molecule has 8 heteroatoms. The van der Waals surface area contributed by atoms with Gasteiger partial charge in [0, 0.05) is 4.47 Å². The summed E-state index contributed by atoms with van der Waals surface area (Å²) in [6.45, 7) is -0.255. The van der Waals surface area contributed by atoms with Gasteiger partial charge in [0.2, 0.25) is 0 Å². The van der Waals surface area contributed by atoms with E-state index in [9.17, 15) is 9.59 Å². The second-order valence-electron chi connectivity index (χ2n) is 4.62. The topological polar surface area (TPSA) is 93.8 Å². The lowest BCUT2D eigenvalue weighted by Crippen LogP contribution is -2.20. The first-order valence-corrected chi connectivity index (χ1v) is 7.93. The lowest BCUT2D eigenvalue weighted by Gasteiger charge is -2.06. The molecule has 6 nitrogen and oxygen atoms in total. The molecule has 2 amide bonds. The number of nitrogens with two attached hydrogens (primary N) is 1. The van der Waals surface area contributed by atoms with Gasteiger partial charge in [-0.1, -0.05) is 23.7 Å². The SMILES string of the molecule is NC(=O)COc1ccc(C=NNC(=O)c2ccccc2Br)cc1Cl. The standard InChI is InChI=1S/C16H13BrClN3O3/c17-12-4-2-1-3-11(12)16(23)21-20-8-10-5-6-14(13(18)7-10)24-9-15(19)22/h1-8H,9H2,(H2,19,22)(H,21,23). The highest BCUT2D eigenvalue weighted by Gasteiger charge is 2.08. The van der Waals surface area contributed by atoms with Crippen molar-refractivity contribution in [1.82, 2.24) is 5.43 Å². The molecule has 0 aliphatic heterocycles. The molecule has 2 rings (SSSR count). The van der Waals surface area contributed by atoms with Crippen LogP contribution in [0.4, 0.5) is 0 Å². The van der Waals surface area contributed by atoms with Crippen LogP contribution in [0.3, 0.4) is 0 Å². The van der Waals surface area contributed by atoms with Crippen molar-refractivity contribution in [2.45, 2.75) is 0 Å². The Morgan fingerprint density at radius 2 is 2.04 bits per heavy atom.